The van der Waals surface area contributed by atoms with Crippen LogP contribution in [0.1, 0.15) is 57.9 Å². The number of carbonyl (C=O) groups excluding carboxylic acids is 3. The van der Waals surface area contributed by atoms with E-state index in [0.29, 0.717) is 25.9 Å². The topological polar surface area (TPSA) is 78.9 Å². The summed E-state index contributed by atoms with van der Waals surface area (Å²) in [4.78, 5) is 35.5. The fourth-order valence-electron chi connectivity index (χ4n) is 2.60. The first kappa shape index (κ1) is 22.7. The summed E-state index contributed by atoms with van der Waals surface area (Å²) < 4.78 is 15.1. The number of rotatable bonds is 13. The van der Waals surface area contributed by atoms with Gasteiger partial charge >= 0.3 is 17.9 Å². The minimum Gasteiger partial charge on any atom is -0.465 e. The monoisotopic (exact) mass is 378 g/mol. The Labute approximate surface area is 161 Å². The molecule has 0 aromatic heterocycles. The molecule has 0 heterocycles. The second-order valence-electron chi connectivity index (χ2n) is 6.16. The number of carbonyl (C=O) groups is 3. The maximum absolute atomic E-state index is 11.9. The smallest absolute Gasteiger partial charge is 0.320 e. The van der Waals surface area contributed by atoms with Gasteiger partial charge in [-0.1, -0.05) is 49.6 Å². The van der Waals surface area contributed by atoms with Crippen LogP contribution in [0.15, 0.2) is 30.3 Å². The Bertz CT molecular complexity index is 551. The summed E-state index contributed by atoms with van der Waals surface area (Å²) in [5, 5.41) is 0. The fourth-order valence-corrected chi connectivity index (χ4v) is 2.60. The Morgan fingerprint density at radius 3 is 2.00 bits per heavy atom. The molecule has 0 atom stereocenters. The summed E-state index contributed by atoms with van der Waals surface area (Å²) in [6, 6.07) is 9.55. The van der Waals surface area contributed by atoms with Crippen molar-refractivity contribution in [1.29, 1.82) is 0 Å². The average molecular weight is 378 g/mol. The van der Waals surface area contributed by atoms with Crippen LogP contribution in [-0.2, 0) is 35.2 Å². The highest BCUT2D eigenvalue weighted by Gasteiger charge is 2.28. The van der Waals surface area contributed by atoms with E-state index in [-0.39, 0.29) is 19.2 Å². The Hall–Kier alpha value is -2.37. The number of hydrogen-bond donors (Lipinski definition) is 0. The third kappa shape index (κ3) is 9.78. The van der Waals surface area contributed by atoms with Gasteiger partial charge in [0.15, 0.2) is 5.92 Å². The summed E-state index contributed by atoms with van der Waals surface area (Å²) in [5.41, 5.74) is 0.967. The lowest BCUT2D eigenvalue weighted by Crippen LogP contribution is -2.28. The van der Waals surface area contributed by atoms with Crippen LogP contribution in [0.5, 0.6) is 0 Å². The first-order valence-electron chi connectivity index (χ1n) is 9.61. The molecule has 27 heavy (non-hydrogen) atoms. The van der Waals surface area contributed by atoms with Gasteiger partial charge in [-0.2, -0.15) is 0 Å². The van der Waals surface area contributed by atoms with Crippen LogP contribution >= 0.6 is 0 Å². The molecule has 0 saturated heterocycles. The molecule has 0 spiro atoms. The number of benzene rings is 1. The highest BCUT2D eigenvalue weighted by atomic mass is 16.6. The molecule has 6 heteroatoms. The van der Waals surface area contributed by atoms with Gasteiger partial charge in [0, 0.05) is 6.42 Å². The Balaban J connectivity index is 2.18. The molecule has 6 nitrogen and oxygen atoms in total. The van der Waals surface area contributed by atoms with Gasteiger partial charge in [-0.15, -0.1) is 0 Å². The number of esters is 3. The molecule has 0 radical (unpaired) electrons. The lowest BCUT2D eigenvalue weighted by Gasteiger charge is -2.14. The van der Waals surface area contributed by atoms with Crippen molar-refractivity contribution >= 4 is 17.9 Å². The van der Waals surface area contributed by atoms with Crippen LogP contribution < -0.4 is 0 Å². The number of ether oxygens (including phenoxy) is 3. The van der Waals surface area contributed by atoms with E-state index in [1.807, 2.05) is 30.3 Å². The van der Waals surface area contributed by atoms with Gasteiger partial charge in [0.1, 0.15) is 6.61 Å². The Morgan fingerprint density at radius 1 is 0.815 bits per heavy atom. The first-order chi connectivity index (χ1) is 13.1. The van der Waals surface area contributed by atoms with Crippen LogP contribution in [-0.4, -0.2) is 31.1 Å². The Morgan fingerprint density at radius 2 is 1.41 bits per heavy atom. The number of hydrogen-bond acceptors (Lipinski definition) is 6. The van der Waals surface area contributed by atoms with Crippen molar-refractivity contribution in [2.75, 3.05) is 13.2 Å². The maximum atomic E-state index is 11.9. The van der Waals surface area contributed by atoms with E-state index in [4.69, 9.17) is 14.2 Å². The third-order valence-electron chi connectivity index (χ3n) is 4.01. The maximum Gasteiger partial charge on any atom is 0.320 e. The Kier molecular flexibility index (Phi) is 11.6. The number of unbranched alkanes of at least 4 members (excludes halogenated alkanes) is 3. The summed E-state index contributed by atoms with van der Waals surface area (Å²) in [7, 11) is 0. The second kappa shape index (κ2) is 13.8. The van der Waals surface area contributed by atoms with Crippen molar-refractivity contribution in [2.45, 2.75) is 59.0 Å². The van der Waals surface area contributed by atoms with Gasteiger partial charge in [-0.3, -0.25) is 14.4 Å². The molecule has 0 unspecified atom stereocenters. The zero-order chi connectivity index (χ0) is 19.9. The normalized spacial score (nSPS) is 10.5. The average Bonchev–Trinajstić information content (AvgIpc) is 2.66. The predicted octanol–water partition coefficient (Wildman–Crippen LogP) is 3.81. The van der Waals surface area contributed by atoms with E-state index in [0.717, 1.165) is 24.8 Å². The van der Waals surface area contributed by atoms with E-state index in [1.165, 1.54) is 0 Å². The molecule has 0 amide bonds. The molecule has 1 rings (SSSR count). The zero-order valence-electron chi connectivity index (χ0n) is 16.3. The van der Waals surface area contributed by atoms with Crippen molar-refractivity contribution in [2.24, 2.45) is 5.92 Å². The van der Waals surface area contributed by atoms with Gasteiger partial charge in [0.05, 0.1) is 13.2 Å². The lowest BCUT2D eigenvalue weighted by molar-refractivity contribution is -0.162. The van der Waals surface area contributed by atoms with Crippen molar-refractivity contribution in [3.05, 3.63) is 35.9 Å². The standard InChI is InChI=1S/C21H30O6/c1-3-25-20(23)18(21(24)26-4-2)14-10-5-6-11-15-19(22)27-16-17-12-8-7-9-13-17/h7-9,12-13,18H,3-6,10-11,14-16H2,1-2H3. The predicted molar refractivity (Wildman–Crippen MR) is 101 cm³/mol. The minimum atomic E-state index is -0.860. The molecule has 0 aliphatic heterocycles. The van der Waals surface area contributed by atoms with Crippen molar-refractivity contribution in [1.82, 2.24) is 0 Å². The highest BCUT2D eigenvalue weighted by molar-refractivity contribution is 5.94. The van der Waals surface area contributed by atoms with Gasteiger partial charge in [-0.05, 0) is 32.3 Å². The summed E-state index contributed by atoms with van der Waals surface area (Å²) in [6.45, 7) is 4.17. The molecule has 0 saturated carbocycles. The third-order valence-corrected chi connectivity index (χ3v) is 4.01. The van der Waals surface area contributed by atoms with Crippen molar-refractivity contribution in [3.8, 4) is 0 Å². The van der Waals surface area contributed by atoms with Gasteiger partial charge in [0.25, 0.3) is 0 Å². The first-order valence-corrected chi connectivity index (χ1v) is 9.61. The molecule has 1 aromatic rings. The minimum absolute atomic E-state index is 0.213. The lowest BCUT2D eigenvalue weighted by atomic mass is 10.0. The molecule has 0 aliphatic rings. The molecule has 150 valence electrons. The van der Waals surface area contributed by atoms with Crippen molar-refractivity contribution < 1.29 is 28.6 Å². The van der Waals surface area contributed by atoms with Crippen molar-refractivity contribution in [3.63, 3.8) is 0 Å². The molecule has 0 bridgehead atoms. The summed E-state index contributed by atoms with van der Waals surface area (Å²) in [6.07, 6.45) is 3.83. The van der Waals surface area contributed by atoms with Crippen LogP contribution in [0.3, 0.4) is 0 Å². The largest absolute Gasteiger partial charge is 0.465 e. The molecular weight excluding hydrogens is 348 g/mol. The van der Waals surface area contributed by atoms with E-state index in [9.17, 15) is 14.4 Å². The van der Waals surface area contributed by atoms with E-state index >= 15 is 0 Å². The molecule has 0 N–H and O–H groups in total. The van der Waals surface area contributed by atoms with Crippen LogP contribution in [0.25, 0.3) is 0 Å². The van der Waals surface area contributed by atoms with E-state index in [1.54, 1.807) is 13.8 Å². The van der Waals surface area contributed by atoms with E-state index < -0.39 is 17.9 Å². The molecular formula is C21H30O6. The van der Waals surface area contributed by atoms with Crippen LogP contribution in [0, 0.1) is 5.92 Å². The molecule has 1 aromatic carbocycles. The second-order valence-corrected chi connectivity index (χ2v) is 6.16. The molecule has 0 aliphatic carbocycles. The van der Waals surface area contributed by atoms with Crippen LogP contribution in [0.2, 0.25) is 0 Å². The fraction of sp³-hybridized carbons (Fsp3) is 0.571. The zero-order valence-corrected chi connectivity index (χ0v) is 16.3. The van der Waals surface area contributed by atoms with Gasteiger partial charge in [0.2, 0.25) is 0 Å². The van der Waals surface area contributed by atoms with Crippen LogP contribution in [0.4, 0.5) is 0 Å². The summed E-state index contributed by atoms with van der Waals surface area (Å²) in [5.74, 6) is -2.13. The van der Waals surface area contributed by atoms with Gasteiger partial charge < -0.3 is 14.2 Å². The highest BCUT2D eigenvalue weighted by Crippen LogP contribution is 2.15. The summed E-state index contributed by atoms with van der Waals surface area (Å²) >= 11 is 0. The SMILES string of the molecule is CCOC(=O)C(CCCCCCC(=O)OCc1ccccc1)C(=O)OCC. The quantitative estimate of drug-likeness (QED) is 0.225. The molecule has 0 fully saturated rings. The van der Waals surface area contributed by atoms with Gasteiger partial charge in [-0.25, -0.2) is 0 Å². The van der Waals surface area contributed by atoms with E-state index in [2.05, 4.69) is 0 Å².